The zero-order valence-corrected chi connectivity index (χ0v) is 14.5. The number of nitrogens with two attached hydrogens (primary N) is 1. The normalized spacial score (nSPS) is 18.8. The molecule has 5 nitrogen and oxygen atoms in total. The first-order valence-electron chi connectivity index (χ1n) is 7.86. The zero-order chi connectivity index (χ0) is 17.3. The summed E-state index contributed by atoms with van der Waals surface area (Å²) in [6, 6.07) is 10.1. The van der Waals surface area contributed by atoms with Crippen molar-refractivity contribution in [3.8, 4) is 23.0 Å². The summed E-state index contributed by atoms with van der Waals surface area (Å²) in [6.07, 6.45) is 1.07. The van der Waals surface area contributed by atoms with Crippen LogP contribution < -0.4 is 24.7 Å². The van der Waals surface area contributed by atoms with E-state index in [1.54, 1.807) is 28.4 Å². The van der Waals surface area contributed by atoms with Crippen molar-refractivity contribution in [2.75, 3.05) is 34.2 Å². The molecule has 3 rings (SSSR count). The van der Waals surface area contributed by atoms with Crippen LogP contribution in [-0.2, 0) is 0 Å². The molecule has 0 spiro atoms. The Hall–Kier alpha value is -2.56. The van der Waals surface area contributed by atoms with Crippen LogP contribution in [0.25, 0.3) is 0 Å². The van der Waals surface area contributed by atoms with E-state index in [4.69, 9.17) is 24.7 Å². The van der Waals surface area contributed by atoms with E-state index < -0.39 is 0 Å². The Labute approximate surface area is 142 Å². The molecule has 2 atom stereocenters. The lowest BCUT2D eigenvalue weighted by atomic mass is 10.0. The summed E-state index contributed by atoms with van der Waals surface area (Å²) >= 11 is 0. The summed E-state index contributed by atoms with van der Waals surface area (Å²) in [6.45, 7) is 0. The van der Waals surface area contributed by atoms with Crippen molar-refractivity contribution < 1.29 is 18.9 Å². The molecule has 0 heterocycles. The molecule has 0 amide bonds. The maximum absolute atomic E-state index is 6.03. The van der Waals surface area contributed by atoms with Crippen LogP contribution in [0.2, 0.25) is 0 Å². The lowest BCUT2D eigenvalue weighted by Crippen LogP contribution is -1.97. The lowest BCUT2D eigenvalue weighted by molar-refractivity contribution is 0.324. The Kier molecular flexibility index (Phi) is 4.42. The third kappa shape index (κ3) is 2.82. The Morgan fingerprint density at radius 2 is 1.33 bits per heavy atom. The second kappa shape index (κ2) is 6.51. The van der Waals surface area contributed by atoms with Crippen LogP contribution in [0.1, 0.15) is 29.4 Å². The molecule has 0 radical (unpaired) electrons. The van der Waals surface area contributed by atoms with Crippen molar-refractivity contribution in [3.05, 3.63) is 41.5 Å². The molecule has 24 heavy (non-hydrogen) atoms. The fourth-order valence-electron chi connectivity index (χ4n) is 3.23. The van der Waals surface area contributed by atoms with Crippen LogP contribution in [0.5, 0.6) is 23.0 Å². The van der Waals surface area contributed by atoms with Crippen LogP contribution >= 0.6 is 0 Å². The Bertz CT molecular complexity index is 719. The minimum Gasteiger partial charge on any atom is -0.495 e. The molecule has 0 unspecified atom stereocenters. The highest BCUT2D eigenvalue weighted by atomic mass is 16.5. The maximum atomic E-state index is 6.03. The SMILES string of the molecule is COc1ccc([C@@H]2C[C@@H]2c2cc(OC)c(OC)c(OC)c2)cc1N. The molecule has 2 N–H and O–H groups in total. The molecule has 5 heteroatoms. The highest BCUT2D eigenvalue weighted by molar-refractivity contribution is 5.58. The molecule has 0 bridgehead atoms. The molecule has 0 saturated heterocycles. The Morgan fingerprint density at radius 3 is 1.83 bits per heavy atom. The molecular formula is C19H23NO4. The smallest absolute Gasteiger partial charge is 0.203 e. The van der Waals surface area contributed by atoms with Crippen molar-refractivity contribution >= 4 is 5.69 Å². The van der Waals surface area contributed by atoms with Crippen molar-refractivity contribution in [3.63, 3.8) is 0 Å². The lowest BCUT2D eigenvalue weighted by Gasteiger charge is -2.14. The van der Waals surface area contributed by atoms with Gasteiger partial charge in [0.2, 0.25) is 5.75 Å². The molecule has 1 aliphatic carbocycles. The second-order valence-corrected chi connectivity index (χ2v) is 5.91. The quantitative estimate of drug-likeness (QED) is 0.821. The minimum absolute atomic E-state index is 0.423. The predicted molar refractivity (Wildman–Crippen MR) is 93.6 cm³/mol. The second-order valence-electron chi connectivity index (χ2n) is 5.91. The standard InChI is InChI=1S/C19H23NO4/c1-21-16-6-5-11(7-15(16)20)13-10-14(13)12-8-17(22-2)19(24-4)18(9-12)23-3/h5-9,13-14H,10,20H2,1-4H3/t13-,14+/m0/s1. The Balaban J connectivity index is 1.88. The molecule has 1 aliphatic rings. The summed E-state index contributed by atoms with van der Waals surface area (Å²) in [5.74, 6) is 3.57. The van der Waals surface area contributed by atoms with Gasteiger partial charge in [0.1, 0.15) is 5.75 Å². The first kappa shape index (κ1) is 16.3. The topological polar surface area (TPSA) is 62.9 Å². The van der Waals surface area contributed by atoms with Gasteiger partial charge in [-0.3, -0.25) is 0 Å². The number of nitrogen functional groups attached to an aromatic ring is 1. The predicted octanol–water partition coefficient (Wildman–Crippen LogP) is 3.57. The molecule has 0 aliphatic heterocycles. The molecule has 0 aromatic heterocycles. The first-order valence-corrected chi connectivity index (χ1v) is 7.86. The summed E-state index contributed by atoms with van der Waals surface area (Å²) in [5.41, 5.74) is 9.11. The van der Waals surface area contributed by atoms with Gasteiger partial charge in [0.05, 0.1) is 34.1 Å². The number of anilines is 1. The molecule has 1 fully saturated rings. The largest absolute Gasteiger partial charge is 0.495 e. The molecule has 128 valence electrons. The van der Waals surface area contributed by atoms with E-state index >= 15 is 0 Å². The summed E-state index contributed by atoms with van der Waals surface area (Å²) < 4.78 is 21.5. The number of benzene rings is 2. The van der Waals surface area contributed by atoms with Crippen LogP contribution in [0.15, 0.2) is 30.3 Å². The number of methoxy groups -OCH3 is 4. The van der Waals surface area contributed by atoms with Crippen molar-refractivity contribution in [1.29, 1.82) is 0 Å². The van der Waals surface area contributed by atoms with E-state index in [2.05, 4.69) is 6.07 Å². The summed E-state index contributed by atoms with van der Waals surface area (Å²) in [4.78, 5) is 0. The summed E-state index contributed by atoms with van der Waals surface area (Å²) in [5, 5.41) is 0. The average molecular weight is 329 g/mol. The van der Waals surface area contributed by atoms with E-state index in [1.165, 1.54) is 11.1 Å². The van der Waals surface area contributed by atoms with Gasteiger partial charge in [-0.2, -0.15) is 0 Å². The fourth-order valence-corrected chi connectivity index (χ4v) is 3.23. The monoisotopic (exact) mass is 329 g/mol. The Morgan fingerprint density at radius 1 is 0.750 bits per heavy atom. The number of ether oxygens (including phenoxy) is 4. The van der Waals surface area contributed by atoms with Crippen LogP contribution in [0.4, 0.5) is 5.69 Å². The van der Waals surface area contributed by atoms with Gasteiger partial charge < -0.3 is 24.7 Å². The van der Waals surface area contributed by atoms with Gasteiger partial charge in [0.15, 0.2) is 11.5 Å². The molecule has 1 saturated carbocycles. The molecular weight excluding hydrogens is 306 g/mol. The molecule has 2 aromatic rings. The van der Waals surface area contributed by atoms with Crippen molar-refractivity contribution in [2.45, 2.75) is 18.3 Å². The number of hydrogen-bond donors (Lipinski definition) is 1. The van der Waals surface area contributed by atoms with Crippen LogP contribution in [-0.4, -0.2) is 28.4 Å². The van der Waals surface area contributed by atoms with Gasteiger partial charge in [-0.25, -0.2) is 0 Å². The maximum Gasteiger partial charge on any atom is 0.203 e. The average Bonchev–Trinajstić information content (AvgIpc) is 3.41. The molecule has 2 aromatic carbocycles. The van der Waals surface area contributed by atoms with Gasteiger partial charge in [0, 0.05) is 0 Å². The first-order chi connectivity index (χ1) is 11.6. The van der Waals surface area contributed by atoms with E-state index in [9.17, 15) is 0 Å². The number of hydrogen-bond acceptors (Lipinski definition) is 5. The number of rotatable bonds is 6. The van der Waals surface area contributed by atoms with Gasteiger partial charge >= 0.3 is 0 Å². The van der Waals surface area contributed by atoms with Crippen molar-refractivity contribution in [2.24, 2.45) is 0 Å². The van der Waals surface area contributed by atoms with E-state index in [0.717, 1.165) is 6.42 Å². The van der Waals surface area contributed by atoms with E-state index in [1.807, 2.05) is 24.3 Å². The van der Waals surface area contributed by atoms with Crippen molar-refractivity contribution in [1.82, 2.24) is 0 Å². The fraction of sp³-hybridized carbons (Fsp3) is 0.368. The zero-order valence-electron chi connectivity index (χ0n) is 14.5. The minimum atomic E-state index is 0.423. The highest BCUT2D eigenvalue weighted by Crippen LogP contribution is 2.57. The van der Waals surface area contributed by atoms with E-state index in [-0.39, 0.29) is 0 Å². The summed E-state index contributed by atoms with van der Waals surface area (Å²) in [7, 11) is 6.51. The third-order valence-corrected chi connectivity index (χ3v) is 4.59. The highest BCUT2D eigenvalue weighted by Gasteiger charge is 2.40. The van der Waals surface area contributed by atoms with Gasteiger partial charge in [-0.05, 0) is 53.6 Å². The van der Waals surface area contributed by atoms with Crippen LogP contribution in [0.3, 0.4) is 0 Å². The van der Waals surface area contributed by atoms with Crippen LogP contribution in [0, 0.1) is 0 Å². The van der Waals surface area contributed by atoms with Gasteiger partial charge in [0.25, 0.3) is 0 Å². The third-order valence-electron chi connectivity index (χ3n) is 4.59. The van der Waals surface area contributed by atoms with Gasteiger partial charge in [-0.1, -0.05) is 6.07 Å². The van der Waals surface area contributed by atoms with E-state index in [0.29, 0.717) is 40.5 Å². The van der Waals surface area contributed by atoms with Gasteiger partial charge in [-0.15, -0.1) is 0 Å².